The minimum absolute atomic E-state index is 0.0847. The van der Waals surface area contributed by atoms with Crippen molar-refractivity contribution >= 4 is 22.8 Å². The predicted molar refractivity (Wildman–Crippen MR) is 84.0 cm³/mol. The number of amides is 1. The van der Waals surface area contributed by atoms with E-state index in [1.807, 2.05) is 30.3 Å². The molecule has 0 fully saturated rings. The maximum absolute atomic E-state index is 12.1. The molecule has 6 heteroatoms. The first-order valence-corrected chi connectivity index (χ1v) is 7.10. The fourth-order valence-corrected chi connectivity index (χ4v) is 2.27. The Balaban J connectivity index is 1.89. The summed E-state index contributed by atoms with van der Waals surface area (Å²) in [6, 6.07) is 14.5. The van der Waals surface area contributed by atoms with Gasteiger partial charge in [0.25, 0.3) is 5.91 Å². The summed E-state index contributed by atoms with van der Waals surface area (Å²) in [5.41, 5.74) is 1.97. The van der Waals surface area contributed by atoms with Crippen molar-refractivity contribution < 1.29 is 19.2 Å². The number of benzene rings is 2. The van der Waals surface area contributed by atoms with Crippen LogP contribution in [0.1, 0.15) is 16.8 Å². The van der Waals surface area contributed by atoms with Gasteiger partial charge in [0.1, 0.15) is 5.52 Å². The molecular weight excluding hydrogens is 296 g/mol. The van der Waals surface area contributed by atoms with E-state index in [0.717, 1.165) is 10.9 Å². The molecule has 2 aromatic carbocycles. The number of carboxylic acid groups (broad SMARTS) is 1. The third kappa shape index (κ3) is 3.21. The number of nitrogens with one attached hydrogen (secondary N) is 1. The lowest BCUT2D eigenvalue weighted by Gasteiger charge is -2.03. The highest BCUT2D eigenvalue weighted by molar-refractivity contribution is 6.01. The largest absolute Gasteiger partial charge is 0.481 e. The Bertz CT molecular complexity index is 855. The molecule has 3 aromatic rings. The molecule has 2 N–H and O–H groups in total. The molecule has 0 saturated carbocycles. The minimum atomic E-state index is -0.953. The van der Waals surface area contributed by atoms with Gasteiger partial charge in [0.05, 0.1) is 11.8 Å². The molecule has 6 nitrogen and oxygen atoms in total. The van der Waals surface area contributed by atoms with Crippen molar-refractivity contribution in [3.8, 4) is 11.3 Å². The van der Waals surface area contributed by atoms with Gasteiger partial charge in [-0.1, -0.05) is 35.5 Å². The highest BCUT2D eigenvalue weighted by Crippen LogP contribution is 2.29. The highest BCUT2D eigenvalue weighted by atomic mass is 16.5. The Labute approximate surface area is 131 Å². The van der Waals surface area contributed by atoms with E-state index in [9.17, 15) is 9.59 Å². The monoisotopic (exact) mass is 310 g/mol. The number of rotatable bonds is 5. The molecule has 0 unspecified atom stereocenters. The SMILES string of the molecule is O=C(O)CCNC(=O)c1ccc2noc(-c3ccccc3)c2c1. The molecular formula is C17H14N2O4. The van der Waals surface area contributed by atoms with Gasteiger partial charge < -0.3 is 14.9 Å². The fraction of sp³-hybridized carbons (Fsp3) is 0.118. The lowest BCUT2D eigenvalue weighted by molar-refractivity contribution is -0.136. The van der Waals surface area contributed by atoms with Gasteiger partial charge in [-0.25, -0.2) is 0 Å². The van der Waals surface area contributed by atoms with Crippen LogP contribution in [0.2, 0.25) is 0 Å². The molecule has 1 amide bonds. The van der Waals surface area contributed by atoms with Gasteiger partial charge in [-0.15, -0.1) is 0 Å². The number of carbonyl (C=O) groups excluding carboxylic acids is 1. The highest BCUT2D eigenvalue weighted by Gasteiger charge is 2.13. The summed E-state index contributed by atoms with van der Waals surface area (Å²) in [4.78, 5) is 22.6. The molecule has 3 rings (SSSR count). The first-order chi connectivity index (χ1) is 11.1. The topological polar surface area (TPSA) is 92.4 Å². The number of aliphatic carboxylic acids is 1. The second-order valence-corrected chi connectivity index (χ2v) is 5.01. The summed E-state index contributed by atoms with van der Waals surface area (Å²) in [5.74, 6) is -0.680. The fourth-order valence-electron chi connectivity index (χ4n) is 2.27. The second kappa shape index (κ2) is 6.31. The van der Waals surface area contributed by atoms with Gasteiger partial charge in [-0.2, -0.15) is 0 Å². The van der Waals surface area contributed by atoms with Gasteiger partial charge in [0, 0.05) is 17.7 Å². The van der Waals surface area contributed by atoms with Crippen LogP contribution in [0.4, 0.5) is 0 Å². The summed E-state index contributed by atoms with van der Waals surface area (Å²) in [6.07, 6.45) is -0.115. The van der Waals surface area contributed by atoms with Crippen LogP contribution in [-0.2, 0) is 4.79 Å². The van der Waals surface area contributed by atoms with E-state index in [-0.39, 0.29) is 18.9 Å². The zero-order chi connectivity index (χ0) is 16.2. The average molecular weight is 310 g/mol. The van der Waals surface area contributed by atoms with Gasteiger partial charge in [-0.3, -0.25) is 9.59 Å². The molecule has 23 heavy (non-hydrogen) atoms. The molecule has 0 aliphatic rings. The predicted octanol–water partition coefficient (Wildman–Crippen LogP) is 2.70. The van der Waals surface area contributed by atoms with Crippen molar-refractivity contribution in [3.05, 3.63) is 54.1 Å². The molecule has 0 radical (unpaired) electrons. The second-order valence-electron chi connectivity index (χ2n) is 5.01. The molecule has 1 heterocycles. The van der Waals surface area contributed by atoms with Crippen LogP contribution in [0.15, 0.2) is 53.1 Å². The van der Waals surface area contributed by atoms with Gasteiger partial charge in [-0.05, 0) is 18.2 Å². The summed E-state index contributed by atoms with van der Waals surface area (Å²) in [5, 5.41) is 15.9. The molecule has 1 aromatic heterocycles. The van der Waals surface area contributed by atoms with E-state index in [4.69, 9.17) is 9.63 Å². The van der Waals surface area contributed by atoms with Crippen molar-refractivity contribution in [1.29, 1.82) is 0 Å². The number of fused-ring (bicyclic) bond motifs is 1. The van der Waals surface area contributed by atoms with Crippen LogP contribution in [0.5, 0.6) is 0 Å². The van der Waals surface area contributed by atoms with Crippen molar-refractivity contribution in [2.45, 2.75) is 6.42 Å². The maximum Gasteiger partial charge on any atom is 0.305 e. The first-order valence-electron chi connectivity index (χ1n) is 7.10. The number of nitrogens with zero attached hydrogens (tertiary/aromatic N) is 1. The van der Waals surface area contributed by atoms with E-state index in [2.05, 4.69) is 10.5 Å². The maximum atomic E-state index is 12.1. The minimum Gasteiger partial charge on any atom is -0.481 e. The van der Waals surface area contributed by atoms with Gasteiger partial charge in [0.2, 0.25) is 0 Å². The summed E-state index contributed by atoms with van der Waals surface area (Å²) >= 11 is 0. The average Bonchev–Trinajstić information content (AvgIpc) is 2.98. The van der Waals surface area contributed by atoms with Gasteiger partial charge in [0.15, 0.2) is 5.76 Å². The Kier molecular flexibility index (Phi) is 4.05. The normalized spacial score (nSPS) is 10.6. The van der Waals surface area contributed by atoms with Crippen LogP contribution >= 0.6 is 0 Å². The number of carbonyl (C=O) groups is 2. The quantitative estimate of drug-likeness (QED) is 0.756. The third-order valence-electron chi connectivity index (χ3n) is 3.40. The zero-order valence-corrected chi connectivity index (χ0v) is 12.2. The Morgan fingerprint density at radius 3 is 2.65 bits per heavy atom. The van der Waals surface area contributed by atoms with E-state index in [1.54, 1.807) is 18.2 Å². The lowest BCUT2D eigenvalue weighted by atomic mass is 10.1. The molecule has 0 bridgehead atoms. The van der Waals surface area contributed by atoms with E-state index < -0.39 is 5.97 Å². The van der Waals surface area contributed by atoms with Crippen molar-refractivity contribution in [2.75, 3.05) is 6.54 Å². The zero-order valence-electron chi connectivity index (χ0n) is 12.2. The van der Waals surface area contributed by atoms with Crippen LogP contribution < -0.4 is 5.32 Å². The Morgan fingerprint density at radius 1 is 1.13 bits per heavy atom. The summed E-state index contributed by atoms with van der Waals surface area (Å²) in [6.45, 7) is 0.0847. The number of aromatic nitrogens is 1. The van der Waals surface area contributed by atoms with Crippen molar-refractivity contribution in [3.63, 3.8) is 0 Å². The number of hydrogen-bond donors (Lipinski definition) is 2. The smallest absolute Gasteiger partial charge is 0.305 e. The molecule has 116 valence electrons. The van der Waals surface area contributed by atoms with E-state index in [1.165, 1.54) is 0 Å². The standard InChI is InChI=1S/C17H14N2O4/c20-15(21)8-9-18-17(22)12-6-7-14-13(10-12)16(23-19-14)11-4-2-1-3-5-11/h1-7,10H,8-9H2,(H,18,22)(H,20,21). The molecule has 0 saturated heterocycles. The number of carboxylic acids is 1. The summed E-state index contributed by atoms with van der Waals surface area (Å²) in [7, 11) is 0. The molecule has 0 atom stereocenters. The molecule has 0 aliphatic carbocycles. The van der Waals surface area contributed by atoms with Crippen molar-refractivity contribution in [2.24, 2.45) is 0 Å². The van der Waals surface area contributed by atoms with E-state index in [0.29, 0.717) is 16.8 Å². The lowest BCUT2D eigenvalue weighted by Crippen LogP contribution is -2.25. The van der Waals surface area contributed by atoms with Crippen molar-refractivity contribution in [1.82, 2.24) is 10.5 Å². The van der Waals surface area contributed by atoms with Crippen LogP contribution in [-0.4, -0.2) is 28.7 Å². The summed E-state index contributed by atoms with van der Waals surface area (Å²) < 4.78 is 5.39. The van der Waals surface area contributed by atoms with Crippen LogP contribution in [0.3, 0.4) is 0 Å². The van der Waals surface area contributed by atoms with Crippen LogP contribution in [0, 0.1) is 0 Å². The van der Waals surface area contributed by atoms with Crippen LogP contribution in [0.25, 0.3) is 22.2 Å². The molecule has 0 spiro atoms. The molecule has 0 aliphatic heterocycles. The Hall–Kier alpha value is -3.15. The van der Waals surface area contributed by atoms with E-state index >= 15 is 0 Å². The Morgan fingerprint density at radius 2 is 1.91 bits per heavy atom. The first kappa shape index (κ1) is 14.8. The van der Waals surface area contributed by atoms with Gasteiger partial charge >= 0.3 is 5.97 Å². The third-order valence-corrected chi connectivity index (χ3v) is 3.40. The number of hydrogen-bond acceptors (Lipinski definition) is 4.